The minimum atomic E-state index is -4.47. The lowest BCUT2D eigenvalue weighted by Gasteiger charge is -2.16. The summed E-state index contributed by atoms with van der Waals surface area (Å²) in [5.74, 6) is 0.844. The molecule has 1 unspecified atom stereocenters. The average Bonchev–Trinajstić information content (AvgIpc) is 3.16. The summed E-state index contributed by atoms with van der Waals surface area (Å²) < 4.78 is 40.0. The van der Waals surface area contributed by atoms with Crippen molar-refractivity contribution in [2.45, 2.75) is 26.1 Å². The fourth-order valence-electron chi connectivity index (χ4n) is 2.42. The second kappa shape index (κ2) is 10.1. The number of aromatic nitrogens is 2. The Morgan fingerprint density at radius 1 is 1.38 bits per heavy atom. The Balaban J connectivity index is 0.00000338. The predicted molar refractivity (Wildman–Crippen MR) is 109 cm³/mol. The smallest absolute Gasteiger partial charge is 0.356 e. The van der Waals surface area contributed by atoms with Gasteiger partial charge in [0.2, 0.25) is 0 Å². The zero-order valence-electron chi connectivity index (χ0n) is 14.8. The highest BCUT2D eigenvalue weighted by molar-refractivity contribution is 14.0. The summed E-state index contributed by atoms with van der Waals surface area (Å²) in [6, 6.07) is 4.11. The Hall–Kier alpha value is -1.30. The van der Waals surface area contributed by atoms with Gasteiger partial charge in [0.15, 0.2) is 11.7 Å². The first-order valence-electron chi connectivity index (χ1n) is 7.86. The molecule has 0 saturated heterocycles. The van der Waals surface area contributed by atoms with E-state index in [9.17, 15) is 13.2 Å². The van der Waals surface area contributed by atoms with Crippen LogP contribution in [0.2, 0.25) is 0 Å². The van der Waals surface area contributed by atoms with Crippen LogP contribution in [0, 0.1) is 5.92 Å². The molecule has 0 radical (unpaired) electrons. The second-order valence-corrected chi connectivity index (χ2v) is 6.90. The van der Waals surface area contributed by atoms with Crippen molar-refractivity contribution in [1.29, 1.82) is 0 Å². The molecular formula is C16H23F3IN5S. The Morgan fingerprint density at radius 3 is 2.69 bits per heavy atom. The summed E-state index contributed by atoms with van der Waals surface area (Å²) in [5.41, 5.74) is -0.784. The topological polar surface area (TPSA) is 54.2 Å². The SMILES string of the molecule is CN=C(NCc1cn(C)nc1C(F)(F)F)NCC(C)Cc1cccs1.I. The normalized spacial score (nSPS) is 13.2. The summed E-state index contributed by atoms with van der Waals surface area (Å²) in [5, 5.41) is 11.6. The summed E-state index contributed by atoms with van der Waals surface area (Å²) >= 11 is 1.72. The largest absolute Gasteiger partial charge is 0.435 e. The van der Waals surface area contributed by atoms with E-state index in [1.165, 1.54) is 22.8 Å². The molecule has 0 spiro atoms. The molecule has 2 heterocycles. The number of alkyl halides is 3. The molecule has 1 atom stereocenters. The monoisotopic (exact) mass is 501 g/mol. The molecule has 0 aromatic carbocycles. The zero-order valence-corrected chi connectivity index (χ0v) is 17.9. The van der Waals surface area contributed by atoms with Crippen molar-refractivity contribution < 1.29 is 13.2 Å². The van der Waals surface area contributed by atoms with Crippen molar-refractivity contribution in [3.63, 3.8) is 0 Å². The van der Waals surface area contributed by atoms with E-state index in [0.29, 0.717) is 18.4 Å². The number of aliphatic imine (C=N–C) groups is 1. The minimum absolute atomic E-state index is 0. The Kier molecular flexibility index (Phi) is 8.87. The number of halogens is 4. The molecule has 0 amide bonds. The van der Waals surface area contributed by atoms with Crippen LogP contribution in [0.1, 0.15) is 23.1 Å². The number of nitrogens with zero attached hydrogens (tertiary/aromatic N) is 3. The number of hydrogen-bond acceptors (Lipinski definition) is 3. The van der Waals surface area contributed by atoms with Crippen molar-refractivity contribution in [1.82, 2.24) is 20.4 Å². The molecule has 2 aromatic heterocycles. The molecule has 0 bridgehead atoms. The van der Waals surface area contributed by atoms with Crippen LogP contribution in [0.3, 0.4) is 0 Å². The van der Waals surface area contributed by atoms with Gasteiger partial charge in [0, 0.05) is 43.8 Å². The maximum atomic E-state index is 13.0. The first-order valence-corrected chi connectivity index (χ1v) is 8.74. The molecule has 0 aliphatic carbocycles. The van der Waals surface area contributed by atoms with Crippen LogP contribution < -0.4 is 10.6 Å². The van der Waals surface area contributed by atoms with Crippen LogP contribution in [0.4, 0.5) is 13.2 Å². The van der Waals surface area contributed by atoms with Gasteiger partial charge in [-0.15, -0.1) is 35.3 Å². The quantitative estimate of drug-likeness (QED) is 0.361. The maximum Gasteiger partial charge on any atom is 0.435 e. The zero-order chi connectivity index (χ0) is 18.4. The molecule has 0 fully saturated rings. The summed E-state index contributed by atoms with van der Waals surface area (Å²) in [6.45, 7) is 2.79. The Bertz CT molecular complexity index is 697. The summed E-state index contributed by atoms with van der Waals surface area (Å²) in [6.07, 6.45) is -2.16. The molecule has 2 rings (SSSR count). The molecule has 26 heavy (non-hydrogen) atoms. The van der Waals surface area contributed by atoms with E-state index in [2.05, 4.69) is 33.7 Å². The first kappa shape index (κ1) is 22.7. The van der Waals surface area contributed by atoms with Gasteiger partial charge in [-0.25, -0.2) is 0 Å². The third-order valence-corrected chi connectivity index (χ3v) is 4.49. The van der Waals surface area contributed by atoms with Gasteiger partial charge in [-0.2, -0.15) is 18.3 Å². The van der Waals surface area contributed by atoms with Gasteiger partial charge >= 0.3 is 6.18 Å². The van der Waals surface area contributed by atoms with Gasteiger partial charge in [0.25, 0.3) is 0 Å². The van der Waals surface area contributed by atoms with E-state index < -0.39 is 11.9 Å². The van der Waals surface area contributed by atoms with E-state index in [0.717, 1.165) is 6.42 Å². The number of hydrogen-bond donors (Lipinski definition) is 2. The molecule has 146 valence electrons. The van der Waals surface area contributed by atoms with Crippen molar-refractivity contribution >= 4 is 41.3 Å². The lowest BCUT2D eigenvalue weighted by atomic mass is 10.1. The highest BCUT2D eigenvalue weighted by Gasteiger charge is 2.36. The molecule has 2 N–H and O–H groups in total. The van der Waals surface area contributed by atoms with E-state index in [1.54, 1.807) is 18.4 Å². The number of aryl methyl sites for hydroxylation is 1. The van der Waals surface area contributed by atoms with Crippen molar-refractivity contribution in [3.8, 4) is 0 Å². The van der Waals surface area contributed by atoms with Crippen molar-refractivity contribution in [2.75, 3.05) is 13.6 Å². The second-order valence-electron chi connectivity index (χ2n) is 5.87. The number of guanidine groups is 1. The van der Waals surface area contributed by atoms with E-state index in [4.69, 9.17) is 0 Å². The van der Waals surface area contributed by atoms with E-state index in [-0.39, 0.29) is 36.1 Å². The average molecular weight is 501 g/mol. The molecule has 0 saturated carbocycles. The van der Waals surface area contributed by atoms with Crippen LogP contribution in [0.15, 0.2) is 28.7 Å². The standard InChI is InChI=1S/C16H22F3N5S.HI/c1-11(7-13-5-4-6-25-13)8-21-15(20-2)22-9-12-10-24(3)23-14(12)16(17,18)19;/h4-6,10-11H,7-9H2,1-3H3,(H2,20,21,22);1H. The van der Waals surface area contributed by atoms with Gasteiger partial charge in [-0.1, -0.05) is 13.0 Å². The lowest BCUT2D eigenvalue weighted by molar-refractivity contribution is -0.142. The van der Waals surface area contributed by atoms with Gasteiger partial charge in [-0.05, 0) is 23.8 Å². The van der Waals surface area contributed by atoms with Crippen LogP contribution in [-0.2, 0) is 26.2 Å². The first-order chi connectivity index (χ1) is 11.8. The van der Waals surface area contributed by atoms with Gasteiger partial charge < -0.3 is 10.6 Å². The van der Waals surface area contributed by atoms with Crippen molar-refractivity contribution in [3.05, 3.63) is 39.8 Å². The van der Waals surface area contributed by atoms with Crippen LogP contribution in [-0.4, -0.2) is 29.3 Å². The maximum absolute atomic E-state index is 13.0. The highest BCUT2D eigenvalue weighted by atomic mass is 127. The van der Waals surface area contributed by atoms with Gasteiger partial charge in [-0.3, -0.25) is 9.67 Å². The van der Waals surface area contributed by atoms with Gasteiger partial charge in [0.1, 0.15) is 0 Å². The van der Waals surface area contributed by atoms with Crippen molar-refractivity contribution in [2.24, 2.45) is 18.0 Å². The third-order valence-electron chi connectivity index (χ3n) is 3.59. The number of nitrogens with one attached hydrogen (secondary N) is 2. The number of thiophene rings is 1. The molecule has 0 aliphatic rings. The fraction of sp³-hybridized carbons (Fsp3) is 0.500. The van der Waals surface area contributed by atoms with E-state index in [1.807, 2.05) is 11.4 Å². The van der Waals surface area contributed by atoms with Gasteiger partial charge in [0.05, 0.1) is 0 Å². The molecule has 10 heteroatoms. The Labute approximate surface area is 172 Å². The number of rotatable bonds is 6. The molecule has 2 aromatic rings. The van der Waals surface area contributed by atoms with Crippen LogP contribution in [0.5, 0.6) is 0 Å². The van der Waals surface area contributed by atoms with Crippen LogP contribution in [0.25, 0.3) is 0 Å². The fourth-order valence-corrected chi connectivity index (χ4v) is 3.29. The minimum Gasteiger partial charge on any atom is -0.356 e. The summed E-state index contributed by atoms with van der Waals surface area (Å²) in [4.78, 5) is 5.37. The van der Waals surface area contributed by atoms with E-state index >= 15 is 0 Å². The van der Waals surface area contributed by atoms with Crippen LogP contribution >= 0.6 is 35.3 Å². The Morgan fingerprint density at radius 2 is 2.12 bits per heavy atom. The summed E-state index contributed by atoms with van der Waals surface area (Å²) in [7, 11) is 3.06. The highest BCUT2D eigenvalue weighted by Crippen LogP contribution is 2.30. The predicted octanol–water partition coefficient (Wildman–Crippen LogP) is 3.66. The molecule has 0 aliphatic heterocycles. The third kappa shape index (κ3) is 6.78. The lowest BCUT2D eigenvalue weighted by Crippen LogP contribution is -2.39. The molecular weight excluding hydrogens is 478 g/mol. The molecule has 5 nitrogen and oxygen atoms in total.